The minimum absolute atomic E-state index is 0.636. The number of allylic oxidation sites excluding steroid dienone is 1. The Morgan fingerprint density at radius 1 is 1.11 bits per heavy atom. The van der Waals surface area contributed by atoms with E-state index in [4.69, 9.17) is 4.43 Å². The molecule has 0 fully saturated rings. The fraction of sp³-hybridized carbons (Fsp3) is 0.385. The van der Waals surface area contributed by atoms with Crippen LogP contribution in [0.3, 0.4) is 0 Å². The highest BCUT2D eigenvalue weighted by Gasteiger charge is 2.29. The normalized spacial score (nSPS) is 13.6. The Kier molecular flexibility index (Phi) is 4.27. The molecule has 5 heteroatoms. The lowest BCUT2D eigenvalue weighted by molar-refractivity contribution is -0.137. The summed E-state index contributed by atoms with van der Waals surface area (Å²) in [6.07, 6.45) is -2.54. The van der Waals surface area contributed by atoms with Gasteiger partial charge in [0.1, 0.15) is 0 Å². The number of hydrogen-bond donors (Lipinski definition) is 0. The van der Waals surface area contributed by atoms with Crippen molar-refractivity contribution in [3.8, 4) is 0 Å². The molecule has 0 saturated heterocycles. The third-order valence-corrected chi connectivity index (χ3v) is 3.01. The molecule has 0 radical (unpaired) electrons. The molecule has 0 aromatic heterocycles. The monoisotopic (exact) mass is 274 g/mol. The van der Waals surface area contributed by atoms with Gasteiger partial charge < -0.3 is 4.43 Å². The van der Waals surface area contributed by atoms with Crippen LogP contribution >= 0.6 is 0 Å². The van der Waals surface area contributed by atoms with Crippen LogP contribution in [0.15, 0.2) is 30.0 Å². The summed E-state index contributed by atoms with van der Waals surface area (Å²) in [5, 5.41) is 0. The molecule has 1 rings (SSSR count). The van der Waals surface area contributed by atoms with E-state index in [0.717, 1.165) is 17.9 Å². The van der Waals surface area contributed by atoms with E-state index in [9.17, 15) is 13.2 Å². The molecular formula is C13H17F3OSi. The van der Waals surface area contributed by atoms with Crippen LogP contribution in [-0.4, -0.2) is 8.32 Å². The van der Waals surface area contributed by atoms with E-state index in [1.807, 2.05) is 6.92 Å². The summed E-state index contributed by atoms with van der Waals surface area (Å²) < 4.78 is 42.8. The lowest BCUT2D eigenvalue weighted by Gasteiger charge is -2.19. The average Bonchev–Trinajstić information content (AvgIpc) is 2.13. The molecule has 1 nitrogen and oxygen atoms in total. The first-order valence-electron chi connectivity index (χ1n) is 5.62. The highest BCUT2D eigenvalue weighted by atomic mass is 28.4. The second-order valence-corrected chi connectivity index (χ2v) is 9.52. The second kappa shape index (κ2) is 5.18. The van der Waals surface area contributed by atoms with Gasteiger partial charge in [0.05, 0.1) is 11.3 Å². The SMILES string of the molecule is C/C(=C/c1ccc(C(F)(F)F)cc1)O[Si](C)(C)C. The summed E-state index contributed by atoms with van der Waals surface area (Å²) in [4.78, 5) is 0. The molecule has 0 bridgehead atoms. The van der Waals surface area contributed by atoms with Crippen molar-refractivity contribution in [1.29, 1.82) is 0 Å². The maximum atomic E-state index is 12.4. The molecule has 100 valence electrons. The zero-order valence-electron chi connectivity index (χ0n) is 10.9. The largest absolute Gasteiger partial charge is 0.548 e. The second-order valence-electron chi connectivity index (χ2n) is 5.09. The quantitative estimate of drug-likeness (QED) is 0.561. The fourth-order valence-electron chi connectivity index (χ4n) is 1.52. The van der Waals surface area contributed by atoms with E-state index in [1.165, 1.54) is 12.1 Å². The van der Waals surface area contributed by atoms with Crippen LogP contribution in [0.4, 0.5) is 13.2 Å². The van der Waals surface area contributed by atoms with Crippen molar-refractivity contribution in [2.45, 2.75) is 32.7 Å². The van der Waals surface area contributed by atoms with Gasteiger partial charge in [0.15, 0.2) is 0 Å². The van der Waals surface area contributed by atoms with Crippen LogP contribution in [-0.2, 0) is 10.6 Å². The van der Waals surface area contributed by atoms with Crippen molar-refractivity contribution >= 4 is 14.4 Å². The predicted molar refractivity (Wildman–Crippen MR) is 69.5 cm³/mol. The van der Waals surface area contributed by atoms with Crippen molar-refractivity contribution in [3.63, 3.8) is 0 Å². The van der Waals surface area contributed by atoms with Gasteiger partial charge in [-0.15, -0.1) is 0 Å². The summed E-state index contributed by atoms with van der Waals surface area (Å²) >= 11 is 0. The number of alkyl halides is 3. The molecule has 0 spiro atoms. The molecule has 0 aliphatic heterocycles. The van der Waals surface area contributed by atoms with Crippen molar-refractivity contribution in [1.82, 2.24) is 0 Å². The van der Waals surface area contributed by atoms with Gasteiger partial charge in [0.2, 0.25) is 8.32 Å². The minimum Gasteiger partial charge on any atom is -0.548 e. The highest BCUT2D eigenvalue weighted by molar-refractivity contribution is 6.70. The van der Waals surface area contributed by atoms with E-state index in [0.29, 0.717) is 5.56 Å². The van der Waals surface area contributed by atoms with Crippen molar-refractivity contribution < 1.29 is 17.6 Å². The Balaban J connectivity index is 2.84. The Morgan fingerprint density at radius 2 is 1.61 bits per heavy atom. The maximum absolute atomic E-state index is 12.4. The number of rotatable bonds is 3. The van der Waals surface area contributed by atoms with Gasteiger partial charge in [-0.05, 0) is 50.3 Å². The van der Waals surface area contributed by atoms with Crippen molar-refractivity contribution in [2.75, 3.05) is 0 Å². The molecule has 0 amide bonds. The van der Waals surface area contributed by atoms with Gasteiger partial charge >= 0.3 is 6.18 Å². The zero-order valence-corrected chi connectivity index (χ0v) is 11.9. The topological polar surface area (TPSA) is 9.23 Å². The van der Waals surface area contributed by atoms with Gasteiger partial charge in [-0.2, -0.15) is 13.2 Å². The first-order valence-corrected chi connectivity index (χ1v) is 9.03. The molecular weight excluding hydrogens is 257 g/mol. The third kappa shape index (κ3) is 4.95. The molecule has 18 heavy (non-hydrogen) atoms. The Labute approximate surface area is 106 Å². The first kappa shape index (κ1) is 14.8. The molecule has 0 heterocycles. The molecule has 0 aliphatic carbocycles. The van der Waals surface area contributed by atoms with Crippen LogP contribution in [0.5, 0.6) is 0 Å². The zero-order chi connectivity index (χ0) is 14.0. The van der Waals surface area contributed by atoms with Gasteiger partial charge in [0.25, 0.3) is 0 Å². The summed E-state index contributed by atoms with van der Waals surface area (Å²) in [6, 6.07) is 5.04. The maximum Gasteiger partial charge on any atom is 0.416 e. The lowest BCUT2D eigenvalue weighted by atomic mass is 10.1. The highest BCUT2D eigenvalue weighted by Crippen LogP contribution is 2.29. The number of hydrogen-bond acceptors (Lipinski definition) is 1. The third-order valence-electron chi connectivity index (χ3n) is 2.08. The lowest BCUT2D eigenvalue weighted by Crippen LogP contribution is -2.24. The van der Waals surface area contributed by atoms with E-state index in [1.54, 1.807) is 6.08 Å². The molecule has 1 aromatic carbocycles. The van der Waals surface area contributed by atoms with Gasteiger partial charge in [0, 0.05) is 0 Å². The van der Waals surface area contributed by atoms with E-state index in [-0.39, 0.29) is 0 Å². The van der Waals surface area contributed by atoms with E-state index >= 15 is 0 Å². The average molecular weight is 274 g/mol. The molecule has 0 aliphatic rings. The van der Waals surface area contributed by atoms with Crippen LogP contribution in [0.2, 0.25) is 19.6 Å². The van der Waals surface area contributed by atoms with Crippen molar-refractivity contribution in [3.05, 3.63) is 41.2 Å². The summed E-state index contributed by atoms with van der Waals surface area (Å²) in [5.74, 6) is 0.730. The Bertz CT molecular complexity index is 427. The fourth-order valence-corrected chi connectivity index (χ4v) is 2.54. The molecule has 1 aromatic rings. The van der Waals surface area contributed by atoms with Crippen LogP contribution < -0.4 is 0 Å². The number of halogens is 3. The van der Waals surface area contributed by atoms with Gasteiger partial charge in [-0.25, -0.2) is 0 Å². The smallest absolute Gasteiger partial charge is 0.416 e. The Morgan fingerprint density at radius 3 is 2.00 bits per heavy atom. The predicted octanol–water partition coefficient (Wildman–Crippen LogP) is 4.92. The summed E-state index contributed by atoms with van der Waals surface area (Å²) in [6.45, 7) is 7.97. The first-order chi connectivity index (χ1) is 8.08. The molecule has 0 N–H and O–H groups in total. The minimum atomic E-state index is -4.29. The van der Waals surface area contributed by atoms with E-state index in [2.05, 4.69) is 19.6 Å². The Hall–Kier alpha value is -1.23. The van der Waals surface area contributed by atoms with Gasteiger partial charge in [-0.3, -0.25) is 0 Å². The summed E-state index contributed by atoms with van der Waals surface area (Å²) in [5.41, 5.74) is 0.0715. The van der Waals surface area contributed by atoms with Crippen LogP contribution in [0.25, 0.3) is 6.08 Å². The molecule has 0 atom stereocenters. The van der Waals surface area contributed by atoms with Crippen LogP contribution in [0.1, 0.15) is 18.1 Å². The van der Waals surface area contributed by atoms with Crippen LogP contribution in [0, 0.1) is 0 Å². The van der Waals surface area contributed by atoms with Crippen molar-refractivity contribution in [2.24, 2.45) is 0 Å². The standard InChI is InChI=1S/C13H17F3OSi/c1-10(17-18(2,3)4)9-11-5-7-12(8-6-11)13(14,15)16/h5-9H,1-4H3/b10-9-. The summed E-state index contributed by atoms with van der Waals surface area (Å²) in [7, 11) is -1.66. The molecule has 0 saturated carbocycles. The number of benzene rings is 1. The van der Waals surface area contributed by atoms with Gasteiger partial charge in [-0.1, -0.05) is 12.1 Å². The molecule has 0 unspecified atom stereocenters. The van der Waals surface area contributed by atoms with E-state index < -0.39 is 20.1 Å².